The van der Waals surface area contributed by atoms with Gasteiger partial charge in [-0.1, -0.05) is 35.5 Å². The van der Waals surface area contributed by atoms with E-state index < -0.39 is 0 Å². The molecule has 0 unspecified atom stereocenters. The summed E-state index contributed by atoms with van der Waals surface area (Å²) in [5.41, 5.74) is 0.976. The van der Waals surface area contributed by atoms with Gasteiger partial charge < -0.3 is 5.32 Å². The van der Waals surface area contributed by atoms with E-state index in [1.807, 2.05) is 18.2 Å². The first-order chi connectivity index (χ1) is 10.2. The lowest BCUT2D eigenvalue weighted by Gasteiger charge is -2.05. The highest BCUT2D eigenvalue weighted by Crippen LogP contribution is 2.36. The zero-order valence-corrected chi connectivity index (χ0v) is 12.8. The van der Waals surface area contributed by atoms with Crippen LogP contribution in [-0.2, 0) is 11.3 Å². The van der Waals surface area contributed by atoms with Crippen LogP contribution in [0.25, 0.3) is 0 Å². The number of carbonyl (C=O) groups is 1. The fourth-order valence-electron chi connectivity index (χ4n) is 1.86. The van der Waals surface area contributed by atoms with Crippen molar-refractivity contribution in [3.63, 3.8) is 0 Å². The minimum atomic E-state index is -0.0506. The van der Waals surface area contributed by atoms with E-state index in [9.17, 15) is 4.79 Å². The SMILES string of the molecule is O=C(CSc1nnnn1C1CC1)NCc1cccc(Cl)c1. The number of benzene rings is 1. The quantitative estimate of drug-likeness (QED) is 0.824. The molecule has 1 aromatic carbocycles. The normalized spacial score (nSPS) is 14.1. The summed E-state index contributed by atoms with van der Waals surface area (Å²) in [4.78, 5) is 11.9. The molecule has 21 heavy (non-hydrogen) atoms. The Morgan fingerprint density at radius 2 is 2.33 bits per heavy atom. The van der Waals surface area contributed by atoms with Crippen LogP contribution in [0.1, 0.15) is 24.4 Å². The molecule has 0 bridgehead atoms. The smallest absolute Gasteiger partial charge is 0.230 e. The van der Waals surface area contributed by atoms with Gasteiger partial charge in [-0.3, -0.25) is 4.79 Å². The molecule has 1 aliphatic rings. The number of nitrogens with one attached hydrogen (secondary N) is 1. The number of tetrazole rings is 1. The van der Waals surface area contributed by atoms with Gasteiger partial charge in [0.15, 0.2) is 0 Å². The fourth-order valence-corrected chi connectivity index (χ4v) is 2.84. The van der Waals surface area contributed by atoms with Crippen molar-refractivity contribution in [1.82, 2.24) is 25.5 Å². The molecule has 110 valence electrons. The summed E-state index contributed by atoms with van der Waals surface area (Å²) in [6, 6.07) is 7.84. The van der Waals surface area contributed by atoms with Crippen molar-refractivity contribution in [2.24, 2.45) is 0 Å². The van der Waals surface area contributed by atoms with Gasteiger partial charge in [-0.2, -0.15) is 0 Å². The van der Waals surface area contributed by atoms with E-state index in [0.717, 1.165) is 18.4 Å². The number of hydrogen-bond donors (Lipinski definition) is 1. The number of hydrogen-bond acceptors (Lipinski definition) is 5. The van der Waals surface area contributed by atoms with Crippen LogP contribution in [0.4, 0.5) is 0 Å². The molecule has 1 N–H and O–H groups in total. The van der Waals surface area contributed by atoms with Crippen molar-refractivity contribution in [3.05, 3.63) is 34.9 Å². The molecule has 8 heteroatoms. The van der Waals surface area contributed by atoms with Crippen LogP contribution in [0.2, 0.25) is 5.02 Å². The third kappa shape index (κ3) is 3.95. The molecule has 1 aliphatic carbocycles. The molecule has 1 amide bonds. The van der Waals surface area contributed by atoms with Crippen molar-refractivity contribution in [1.29, 1.82) is 0 Å². The predicted octanol–water partition coefficient (Wildman–Crippen LogP) is 2.07. The molecule has 0 aliphatic heterocycles. The van der Waals surface area contributed by atoms with Crippen molar-refractivity contribution in [2.75, 3.05) is 5.75 Å². The van der Waals surface area contributed by atoms with E-state index >= 15 is 0 Å². The molecule has 1 fully saturated rings. The molecule has 0 atom stereocenters. The monoisotopic (exact) mass is 323 g/mol. The Morgan fingerprint density at radius 1 is 1.48 bits per heavy atom. The summed E-state index contributed by atoms with van der Waals surface area (Å²) in [6.45, 7) is 0.466. The minimum absolute atomic E-state index is 0.0506. The van der Waals surface area contributed by atoms with E-state index in [4.69, 9.17) is 11.6 Å². The molecule has 1 aromatic heterocycles. The van der Waals surface area contributed by atoms with Gasteiger partial charge >= 0.3 is 0 Å². The topological polar surface area (TPSA) is 72.7 Å². The van der Waals surface area contributed by atoms with Gasteiger partial charge in [-0.15, -0.1) is 5.10 Å². The maximum Gasteiger partial charge on any atom is 0.230 e. The molecule has 0 saturated heterocycles. The van der Waals surface area contributed by atoms with E-state index in [0.29, 0.717) is 28.5 Å². The lowest BCUT2D eigenvalue weighted by Crippen LogP contribution is -2.24. The molecule has 1 saturated carbocycles. The maximum atomic E-state index is 11.9. The molecule has 3 rings (SSSR count). The average Bonchev–Trinajstić information content (AvgIpc) is 3.22. The Labute approximate surface area is 131 Å². The van der Waals surface area contributed by atoms with Gasteiger partial charge in [0.2, 0.25) is 11.1 Å². The molecular formula is C13H14ClN5OS. The number of aromatic nitrogens is 4. The largest absolute Gasteiger partial charge is 0.351 e. The second-order valence-electron chi connectivity index (χ2n) is 4.83. The van der Waals surface area contributed by atoms with Crippen LogP contribution in [0, 0.1) is 0 Å². The van der Waals surface area contributed by atoms with E-state index in [1.165, 1.54) is 11.8 Å². The molecule has 0 radical (unpaired) electrons. The third-order valence-electron chi connectivity index (χ3n) is 3.07. The van der Waals surface area contributed by atoms with Crippen molar-refractivity contribution in [3.8, 4) is 0 Å². The highest BCUT2D eigenvalue weighted by Gasteiger charge is 2.28. The zero-order valence-electron chi connectivity index (χ0n) is 11.2. The lowest BCUT2D eigenvalue weighted by atomic mass is 10.2. The number of carbonyl (C=O) groups excluding carboxylic acids is 1. The van der Waals surface area contributed by atoms with Crippen molar-refractivity contribution >= 4 is 29.3 Å². The summed E-state index contributed by atoms with van der Waals surface area (Å²) >= 11 is 7.26. The third-order valence-corrected chi connectivity index (χ3v) is 4.23. The molecule has 1 heterocycles. The van der Waals surface area contributed by atoms with Gasteiger partial charge in [0, 0.05) is 11.6 Å². The second-order valence-corrected chi connectivity index (χ2v) is 6.21. The second kappa shape index (κ2) is 6.44. The zero-order chi connectivity index (χ0) is 14.7. The minimum Gasteiger partial charge on any atom is -0.351 e. The van der Waals surface area contributed by atoms with Crippen LogP contribution >= 0.6 is 23.4 Å². The molecule has 6 nitrogen and oxygen atoms in total. The highest BCUT2D eigenvalue weighted by molar-refractivity contribution is 7.99. The van der Waals surface area contributed by atoms with Crippen molar-refractivity contribution < 1.29 is 4.79 Å². The van der Waals surface area contributed by atoms with Gasteiger partial charge in [0.25, 0.3) is 0 Å². The highest BCUT2D eigenvalue weighted by atomic mass is 35.5. The van der Waals surface area contributed by atoms with E-state index in [2.05, 4.69) is 20.8 Å². The number of nitrogens with zero attached hydrogens (tertiary/aromatic N) is 4. The Bertz CT molecular complexity index is 643. The summed E-state index contributed by atoms with van der Waals surface area (Å²) in [5.74, 6) is 0.249. The summed E-state index contributed by atoms with van der Waals surface area (Å²) < 4.78 is 1.80. The van der Waals surface area contributed by atoms with Crippen LogP contribution < -0.4 is 5.32 Å². The van der Waals surface area contributed by atoms with Gasteiger partial charge in [0.05, 0.1) is 11.8 Å². The summed E-state index contributed by atoms with van der Waals surface area (Å²) in [6.07, 6.45) is 2.22. The molecule has 0 spiro atoms. The summed E-state index contributed by atoms with van der Waals surface area (Å²) in [7, 11) is 0. The Morgan fingerprint density at radius 3 is 3.10 bits per heavy atom. The first-order valence-corrected chi connectivity index (χ1v) is 8.00. The standard InChI is InChI=1S/C13H14ClN5OS/c14-10-3-1-2-9(6-10)7-15-12(20)8-21-13-16-17-18-19(13)11-4-5-11/h1-3,6,11H,4-5,7-8H2,(H,15,20). The predicted molar refractivity (Wildman–Crippen MR) is 80.1 cm³/mol. The lowest BCUT2D eigenvalue weighted by molar-refractivity contribution is -0.118. The number of rotatable bonds is 6. The maximum absolute atomic E-state index is 11.9. The first kappa shape index (κ1) is 14.3. The van der Waals surface area contributed by atoms with Gasteiger partial charge in [0.1, 0.15) is 0 Å². The fraction of sp³-hybridized carbons (Fsp3) is 0.385. The van der Waals surface area contributed by atoms with Crippen LogP contribution in [-0.4, -0.2) is 31.9 Å². The van der Waals surface area contributed by atoms with Gasteiger partial charge in [-0.05, 0) is 41.0 Å². The van der Waals surface area contributed by atoms with Crippen molar-refractivity contribution in [2.45, 2.75) is 30.6 Å². The number of amides is 1. The first-order valence-electron chi connectivity index (χ1n) is 6.64. The van der Waals surface area contributed by atoms with Gasteiger partial charge in [-0.25, -0.2) is 4.68 Å². The van der Waals surface area contributed by atoms with Crippen LogP contribution in [0.3, 0.4) is 0 Å². The molecule has 2 aromatic rings. The molecular weight excluding hydrogens is 310 g/mol. The average molecular weight is 324 g/mol. The van der Waals surface area contributed by atoms with Crippen LogP contribution in [0.15, 0.2) is 29.4 Å². The number of thioether (sulfide) groups is 1. The van der Waals surface area contributed by atoms with Crippen LogP contribution in [0.5, 0.6) is 0 Å². The Hall–Kier alpha value is -1.60. The Kier molecular flexibility index (Phi) is 4.40. The Balaban J connectivity index is 1.47. The number of halogens is 1. The van der Waals surface area contributed by atoms with E-state index in [-0.39, 0.29) is 5.91 Å². The summed E-state index contributed by atoms with van der Waals surface area (Å²) in [5, 5.41) is 15.8. The van der Waals surface area contributed by atoms with E-state index in [1.54, 1.807) is 10.7 Å².